The molecule has 20 heavy (non-hydrogen) atoms. The van der Waals surface area contributed by atoms with E-state index in [1.807, 2.05) is 32.4 Å². The quantitative estimate of drug-likeness (QED) is 0.847. The van der Waals surface area contributed by atoms with E-state index in [2.05, 4.69) is 15.4 Å². The molecule has 1 aliphatic rings. The van der Waals surface area contributed by atoms with E-state index in [9.17, 15) is 4.79 Å². The second kappa shape index (κ2) is 5.52. The van der Waals surface area contributed by atoms with E-state index in [0.29, 0.717) is 6.42 Å². The Bertz CT molecular complexity index is 497. The maximum Gasteiger partial charge on any atom is 0.326 e. The zero-order valence-corrected chi connectivity index (χ0v) is 12.9. The van der Waals surface area contributed by atoms with Gasteiger partial charge in [-0.3, -0.25) is 10.1 Å². The van der Waals surface area contributed by atoms with E-state index in [-0.39, 0.29) is 18.1 Å². The Morgan fingerprint density at radius 3 is 2.70 bits per heavy atom. The number of rotatable bonds is 4. The van der Waals surface area contributed by atoms with Crippen molar-refractivity contribution in [3.8, 4) is 0 Å². The lowest BCUT2D eigenvalue weighted by atomic mass is 9.96. The van der Waals surface area contributed by atoms with Crippen molar-refractivity contribution < 1.29 is 9.53 Å². The van der Waals surface area contributed by atoms with Gasteiger partial charge in [-0.25, -0.2) is 9.67 Å². The van der Waals surface area contributed by atoms with Crippen LogP contribution in [-0.4, -0.2) is 39.4 Å². The van der Waals surface area contributed by atoms with Crippen LogP contribution in [0.4, 0.5) is 0 Å². The second-order valence-corrected chi connectivity index (χ2v) is 5.92. The molecule has 6 heteroatoms. The van der Waals surface area contributed by atoms with Crippen LogP contribution >= 0.6 is 0 Å². The fraction of sp³-hybridized carbons (Fsp3) is 0.786. The third-order valence-electron chi connectivity index (χ3n) is 3.88. The molecule has 2 rings (SSSR count). The average Bonchev–Trinajstić information content (AvgIpc) is 2.92. The van der Waals surface area contributed by atoms with Crippen LogP contribution in [0.3, 0.4) is 0 Å². The number of nitrogens with one attached hydrogen (secondary N) is 1. The van der Waals surface area contributed by atoms with Gasteiger partial charge in [-0.2, -0.15) is 5.10 Å². The highest BCUT2D eigenvalue weighted by Gasteiger charge is 2.47. The normalized spacial score (nSPS) is 26.2. The summed E-state index contributed by atoms with van der Waals surface area (Å²) in [6.07, 6.45) is 2.36. The summed E-state index contributed by atoms with van der Waals surface area (Å²) in [5.41, 5.74) is -0.597. The highest BCUT2D eigenvalue weighted by atomic mass is 16.5. The molecule has 1 heterocycles. The molecular formula is C14H24N4O2. The zero-order chi connectivity index (χ0) is 14.9. The highest BCUT2D eigenvalue weighted by molar-refractivity contribution is 5.81. The summed E-state index contributed by atoms with van der Waals surface area (Å²) in [5, 5.41) is 7.84. The molecule has 1 aliphatic carbocycles. The minimum Gasteiger partial charge on any atom is -0.468 e. The Morgan fingerprint density at radius 1 is 1.50 bits per heavy atom. The molecule has 0 bridgehead atoms. The van der Waals surface area contributed by atoms with E-state index in [0.717, 1.165) is 24.5 Å². The van der Waals surface area contributed by atoms with Crippen LogP contribution in [0.25, 0.3) is 0 Å². The lowest BCUT2D eigenvalue weighted by Gasteiger charge is -2.30. The Labute approximate surface area is 119 Å². The van der Waals surface area contributed by atoms with Gasteiger partial charge in [0.25, 0.3) is 0 Å². The van der Waals surface area contributed by atoms with Crippen molar-refractivity contribution in [2.45, 2.75) is 64.6 Å². The first kappa shape index (κ1) is 15.0. The maximum absolute atomic E-state index is 12.2. The minimum atomic E-state index is -0.597. The number of nitrogens with zero attached hydrogens (tertiary/aromatic N) is 3. The van der Waals surface area contributed by atoms with Gasteiger partial charge in [-0.15, -0.1) is 0 Å². The number of carbonyl (C=O) groups is 1. The third kappa shape index (κ3) is 2.70. The molecular weight excluding hydrogens is 256 g/mol. The molecule has 0 saturated heterocycles. The Balaban J connectivity index is 2.23. The molecule has 1 fully saturated rings. The summed E-state index contributed by atoms with van der Waals surface area (Å²) in [7, 11) is 1.45. The number of ether oxygens (including phenoxy) is 1. The van der Waals surface area contributed by atoms with Gasteiger partial charge in [0.1, 0.15) is 17.2 Å². The maximum atomic E-state index is 12.2. The molecule has 1 N–H and O–H groups in total. The fourth-order valence-corrected chi connectivity index (χ4v) is 3.23. The molecule has 1 saturated carbocycles. The van der Waals surface area contributed by atoms with E-state index >= 15 is 0 Å². The fourth-order valence-electron chi connectivity index (χ4n) is 3.23. The van der Waals surface area contributed by atoms with Crippen LogP contribution in [0, 0.1) is 13.8 Å². The molecule has 1 aromatic rings. The van der Waals surface area contributed by atoms with Crippen LogP contribution in [0.5, 0.6) is 0 Å². The monoisotopic (exact) mass is 280 g/mol. The van der Waals surface area contributed by atoms with Gasteiger partial charge >= 0.3 is 5.97 Å². The molecule has 112 valence electrons. The first-order chi connectivity index (χ1) is 9.38. The first-order valence-electron chi connectivity index (χ1n) is 7.14. The van der Waals surface area contributed by atoms with Gasteiger partial charge in [0.05, 0.1) is 13.2 Å². The van der Waals surface area contributed by atoms with Gasteiger partial charge in [0, 0.05) is 6.04 Å². The lowest BCUT2D eigenvalue weighted by Crippen LogP contribution is -2.53. The number of aromatic nitrogens is 3. The number of carbonyl (C=O) groups excluding carboxylic acids is 1. The molecule has 0 aromatic carbocycles. The largest absolute Gasteiger partial charge is 0.468 e. The molecule has 0 radical (unpaired) electrons. The zero-order valence-electron chi connectivity index (χ0n) is 12.9. The third-order valence-corrected chi connectivity index (χ3v) is 3.88. The molecule has 2 atom stereocenters. The van der Waals surface area contributed by atoms with E-state index in [4.69, 9.17) is 4.74 Å². The predicted molar refractivity (Wildman–Crippen MR) is 75.4 cm³/mol. The van der Waals surface area contributed by atoms with Crippen molar-refractivity contribution in [2.75, 3.05) is 7.11 Å². The van der Waals surface area contributed by atoms with E-state index in [1.165, 1.54) is 7.11 Å². The molecule has 6 nitrogen and oxygen atoms in total. The lowest BCUT2D eigenvalue weighted by molar-refractivity contribution is -0.148. The van der Waals surface area contributed by atoms with Gasteiger partial charge < -0.3 is 4.74 Å². The van der Waals surface area contributed by atoms with Crippen LogP contribution in [-0.2, 0) is 9.53 Å². The molecule has 0 amide bonds. The topological polar surface area (TPSA) is 69.0 Å². The summed E-state index contributed by atoms with van der Waals surface area (Å²) in [6, 6.07) is 0.424. The molecule has 0 spiro atoms. The van der Waals surface area contributed by atoms with Crippen molar-refractivity contribution in [1.82, 2.24) is 20.1 Å². The standard InChI is InChI=1S/C14H24N4O2/c1-9(2)16-14(13(19)20-5)7-6-12(8-14)18-11(4)15-10(3)17-18/h9,12,16H,6-8H2,1-5H3. The summed E-state index contributed by atoms with van der Waals surface area (Å²) in [4.78, 5) is 16.6. The number of hydrogen-bond donors (Lipinski definition) is 1. The van der Waals surface area contributed by atoms with Gasteiger partial charge in [0.15, 0.2) is 0 Å². The van der Waals surface area contributed by atoms with Crippen LogP contribution in [0.1, 0.15) is 50.8 Å². The summed E-state index contributed by atoms with van der Waals surface area (Å²) >= 11 is 0. The van der Waals surface area contributed by atoms with E-state index in [1.54, 1.807) is 0 Å². The minimum absolute atomic E-state index is 0.178. The number of aryl methyl sites for hydroxylation is 2. The number of esters is 1. The first-order valence-corrected chi connectivity index (χ1v) is 7.14. The van der Waals surface area contributed by atoms with Crippen molar-refractivity contribution in [3.05, 3.63) is 11.6 Å². The predicted octanol–water partition coefficient (Wildman–Crippen LogP) is 1.53. The molecule has 1 aromatic heterocycles. The van der Waals surface area contributed by atoms with E-state index < -0.39 is 5.54 Å². The smallest absolute Gasteiger partial charge is 0.326 e. The second-order valence-electron chi connectivity index (χ2n) is 5.92. The van der Waals surface area contributed by atoms with Crippen LogP contribution in [0.15, 0.2) is 0 Å². The summed E-state index contributed by atoms with van der Waals surface area (Å²) in [6.45, 7) is 7.93. The highest BCUT2D eigenvalue weighted by Crippen LogP contribution is 2.39. The molecule has 0 aliphatic heterocycles. The van der Waals surface area contributed by atoms with Gasteiger partial charge in [0.2, 0.25) is 0 Å². The van der Waals surface area contributed by atoms with Crippen molar-refractivity contribution in [1.29, 1.82) is 0 Å². The van der Waals surface area contributed by atoms with Crippen LogP contribution in [0.2, 0.25) is 0 Å². The number of methoxy groups -OCH3 is 1. The van der Waals surface area contributed by atoms with Crippen molar-refractivity contribution in [2.24, 2.45) is 0 Å². The Morgan fingerprint density at radius 2 is 2.20 bits per heavy atom. The summed E-state index contributed by atoms with van der Waals surface area (Å²) < 4.78 is 6.96. The SMILES string of the molecule is COC(=O)C1(NC(C)C)CCC(n2nc(C)nc2C)C1. The summed E-state index contributed by atoms with van der Waals surface area (Å²) in [5.74, 6) is 1.50. The molecule has 2 unspecified atom stereocenters. The van der Waals surface area contributed by atoms with Crippen molar-refractivity contribution >= 4 is 5.97 Å². The van der Waals surface area contributed by atoms with Crippen molar-refractivity contribution in [3.63, 3.8) is 0 Å². The number of hydrogen-bond acceptors (Lipinski definition) is 5. The van der Waals surface area contributed by atoms with Gasteiger partial charge in [-0.1, -0.05) is 0 Å². The Kier molecular flexibility index (Phi) is 4.13. The Hall–Kier alpha value is -1.43. The average molecular weight is 280 g/mol. The van der Waals surface area contributed by atoms with Gasteiger partial charge in [-0.05, 0) is 47.0 Å². The van der Waals surface area contributed by atoms with Crippen LogP contribution < -0.4 is 5.32 Å².